The number of benzene rings is 2. The quantitative estimate of drug-likeness (QED) is 0.249. The second kappa shape index (κ2) is 8.44. The van der Waals surface area contributed by atoms with Gasteiger partial charge in [0.15, 0.2) is 11.3 Å². The van der Waals surface area contributed by atoms with E-state index < -0.39 is 17.2 Å². The number of carbonyl (C=O) groups is 2. The van der Waals surface area contributed by atoms with Crippen LogP contribution in [0.25, 0.3) is 16.1 Å². The summed E-state index contributed by atoms with van der Waals surface area (Å²) in [5, 5.41) is 3.53. The van der Waals surface area contributed by atoms with E-state index in [4.69, 9.17) is 11.6 Å². The fourth-order valence-corrected chi connectivity index (χ4v) is 3.92. The molecule has 0 spiro atoms. The number of pyridine rings is 1. The Labute approximate surface area is 183 Å². The van der Waals surface area contributed by atoms with Gasteiger partial charge in [-0.05, 0) is 23.2 Å². The molecule has 1 aromatic heterocycles. The smallest absolute Gasteiger partial charge is 0.253 e. The number of anilines is 1. The van der Waals surface area contributed by atoms with Crippen molar-refractivity contribution in [2.75, 3.05) is 4.90 Å². The van der Waals surface area contributed by atoms with Crippen LogP contribution >= 0.6 is 11.6 Å². The van der Waals surface area contributed by atoms with Crippen LogP contribution in [0, 0.1) is 0 Å². The number of ketones is 1. The molecule has 1 aliphatic heterocycles. The molecule has 1 amide bonds. The molecule has 31 heavy (non-hydrogen) atoms. The molecule has 2 aromatic carbocycles. The molecule has 0 aliphatic carbocycles. The Morgan fingerprint density at radius 2 is 1.61 bits per heavy atom. The second-order valence-electron chi connectivity index (χ2n) is 6.90. The Bertz CT molecular complexity index is 1210. The van der Waals surface area contributed by atoms with Gasteiger partial charge >= 0.3 is 0 Å². The van der Waals surface area contributed by atoms with E-state index in [1.54, 1.807) is 66.7 Å². The lowest BCUT2D eigenvalue weighted by Gasteiger charge is -2.38. The molecule has 4 rings (SSSR count). The third kappa shape index (κ3) is 3.57. The molecule has 0 radical (unpaired) electrons. The molecule has 152 valence electrons. The first kappa shape index (κ1) is 20.3. The van der Waals surface area contributed by atoms with Crippen molar-refractivity contribution in [2.45, 2.75) is 12.0 Å². The summed E-state index contributed by atoms with van der Waals surface area (Å²) >= 11 is 6.59. The van der Waals surface area contributed by atoms with E-state index in [-0.39, 0.29) is 23.0 Å². The summed E-state index contributed by atoms with van der Waals surface area (Å²) in [6.07, 6.45) is 1.40. The first-order chi connectivity index (χ1) is 15.1. The van der Waals surface area contributed by atoms with Crippen molar-refractivity contribution >= 4 is 34.8 Å². The SMILES string of the molecule is [N-]=[N+]=NC1(Cc2ccccc2)C(=O)C(Cl)=C(c2ccccc2)N(c2ccccn2)C1=O. The first-order valence-corrected chi connectivity index (χ1v) is 9.82. The number of nitrogens with zero attached hydrogens (tertiary/aromatic N) is 5. The van der Waals surface area contributed by atoms with Crippen LogP contribution in [0.15, 0.2) is 95.2 Å². The maximum Gasteiger partial charge on any atom is 0.253 e. The number of azide groups is 1. The molecule has 7 nitrogen and oxygen atoms in total. The number of hydrogen-bond donors (Lipinski definition) is 0. The maximum absolute atomic E-state index is 13.9. The van der Waals surface area contributed by atoms with Gasteiger partial charge < -0.3 is 0 Å². The van der Waals surface area contributed by atoms with Crippen LogP contribution in [-0.4, -0.2) is 22.2 Å². The van der Waals surface area contributed by atoms with E-state index in [9.17, 15) is 15.1 Å². The molecule has 3 aromatic rings. The van der Waals surface area contributed by atoms with Gasteiger partial charge in [-0.15, -0.1) is 0 Å². The molecule has 8 heteroatoms. The van der Waals surface area contributed by atoms with Crippen molar-refractivity contribution in [1.82, 2.24) is 4.98 Å². The maximum atomic E-state index is 13.9. The van der Waals surface area contributed by atoms with Crippen LogP contribution in [0.2, 0.25) is 0 Å². The molecule has 0 fully saturated rings. The summed E-state index contributed by atoms with van der Waals surface area (Å²) in [5.74, 6) is -1.18. The Kier molecular flexibility index (Phi) is 5.54. The monoisotopic (exact) mass is 429 g/mol. The average Bonchev–Trinajstić information content (AvgIpc) is 2.82. The largest absolute Gasteiger partial charge is 0.292 e. The van der Waals surface area contributed by atoms with Crippen molar-refractivity contribution in [1.29, 1.82) is 0 Å². The molecule has 0 N–H and O–H groups in total. The number of carbonyl (C=O) groups excluding carboxylic acids is 2. The highest BCUT2D eigenvalue weighted by Gasteiger charge is 2.54. The van der Waals surface area contributed by atoms with E-state index in [2.05, 4.69) is 15.0 Å². The van der Waals surface area contributed by atoms with Gasteiger partial charge in [0.25, 0.3) is 5.91 Å². The first-order valence-electron chi connectivity index (χ1n) is 9.44. The fraction of sp³-hybridized carbons (Fsp3) is 0.0870. The minimum absolute atomic E-state index is 0.128. The minimum Gasteiger partial charge on any atom is -0.292 e. The van der Waals surface area contributed by atoms with Crippen LogP contribution in [0.1, 0.15) is 11.1 Å². The number of halogens is 1. The zero-order chi connectivity index (χ0) is 21.8. The third-order valence-electron chi connectivity index (χ3n) is 5.01. The van der Waals surface area contributed by atoms with Crippen molar-refractivity contribution in [3.63, 3.8) is 0 Å². The Balaban J connectivity index is 1.98. The Hall–Kier alpha value is -3.93. The van der Waals surface area contributed by atoms with Crippen LogP contribution in [0.4, 0.5) is 5.82 Å². The van der Waals surface area contributed by atoms with Crippen molar-refractivity contribution in [2.24, 2.45) is 5.11 Å². The van der Waals surface area contributed by atoms with Gasteiger partial charge in [0.05, 0.1) is 5.70 Å². The zero-order valence-corrected chi connectivity index (χ0v) is 17.0. The second-order valence-corrected chi connectivity index (χ2v) is 7.28. The predicted octanol–water partition coefficient (Wildman–Crippen LogP) is 4.90. The summed E-state index contributed by atoms with van der Waals surface area (Å²) in [6.45, 7) is 0. The highest BCUT2D eigenvalue weighted by atomic mass is 35.5. The lowest BCUT2D eigenvalue weighted by atomic mass is 9.82. The van der Waals surface area contributed by atoms with Gasteiger partial charge in [-0.3, -0.25) is 14.5 Å². The van der Waals surface area contributed by atoms with E-state index >= 15 is 0 Å². The lowest BCUT2D eigenvalue weighted by molar-refractivity contribution is -0.132. The van der Waals surface area contributed by atoms with Gasteiger partial charge in [-0.25, -0.2) is 4.98 Å². The van der Waals surface area contributed by atoms with E-state index in [0.717, 1.165) is 0 Å². The molecule has 0 bridgehead atoms. The van der Waals surface area contributed by atoms with Crippen LogP contribution in [0.3, 0.4) is 0 Å². The molecular formula is C23H16ClN5O2. The van der Waals surface area contributed by atoms with Crippen LogP contribution < -0.4 is 4.90 Å². The topological polar surface area (TPSA) is 99.0 Å². The van der Waals surface area contributed by atoms with Crippen LogP contribution in [-0.2, 0) is 16.0 Å². The fourth-order valence-electron chi connectivity index (χ4n) is 3.57. The Morgan fingerprint density at radius 3 is 2.23 bits per heavy atom. The summed E-state index contributed by atoms with van der Waals surface area (Å²) in [6, 6.07) is 22.8. The number of rotatable bonds is 5. The number of aromatic nitrogens is 1. The highest BCUT2D eigenvalue weighted by Crippen LogP contribution is 2.41. The summed E-state index contributed by atoms with van der Waals surface area (Å²) in [5.41, 5.74) is 8.64. The molecule has 1 atom stereocenters. The minimum atomic E-state index is -2.07. The van der Waals surface area contributed by atoms with Gasteiger partial charge in [-0.2, -0.15) is 0 Å². The third-order valence-corrected chi connectivity index (χ3v) is 5.36. The van der Waals surface area contributed by atoms with Gasteiger partial charge in [0.2, 0.25) is 0 Å². The van der Waals surface area contributed by atoms with Crippen molar-refractivity contribution in [3.8, 4) is 0 Å². The normalized spacial score (nSPS) is 18.7. The van der Waals surface area contributed by atoms with Crippen molar-refractivity contribution < 1.29 is 9.59 Å². The molecule has 1 unspecified atom stereocenters. The number of Topliss-reactive ketones (excluding diaryl/α,β-unsaturated/α-hetero) is 1. The summed E-state index contributed by atoms with van der Waals surface area (Å²) < 4.78 is 0. The molecule has 1 aliphatic rings. The van der Waals surface area contributed by atoms with Gasteiger partial charge in [0, 0.05) is 23.1 Å². The van der Waals surface area contributed by atoms with Crippen molar-refractivity contribution in [3.05, 3.63) is 112 Å². The molecule has 0 saturated carbocycles. The average molecular weight is 430 g/mol. The molecule has 0 saturated heterocycles. The highest BCUT2D eigenvalue weighted by molar-refractivity contribution is 6.52. The zero-order valence-electron chi connectivity index (χ0n) is 16.2. The number of hydrogen-bond acceptors (Lipinski definition) is 4. The van der Waals surface area contributed by atoms with E-state index in [1.807, 2.05) is 12.1 Å². The lowest BCUT2D eigenvalue weighted by Crippen LogP contribution is -2.57. The summed E-state index contributed by atoms with van der Waals surface area (Å²) in [7, 11) is 0. The predicted molar refractivity (Wildman–Crippen MR) is 118 cm³/mol. The van der Waals surface area contributed by atoms with E-state index in [1.165, 1.54) is 11.1 Å². The summed E-state index contributed by atoms with van der Waals surface area (Å²) in [4.78, 5) is 35.8. The standard InChI is InChI=1S/C23H16ClN5O2/c24-19-20(17-11-5-2-6-12-17)29(18-13-7-8-14-26-18)22(31)23(21(19)30,27-28-25)15-16-9-3-1-4-10-16/h1-14H,15H2. The molecular weight excluding hydrogens is 414 g/mol. The van der Waals surface area contributed by atoms with Gasteiger partial charge in [0.1, 0.15) is 10.9 Å². The van der Waals surface area contributed by atoms with Gasteiger partial charge in [-0.1, -0.05) is 83.4 Å². The Morgan fingerprint density at radius 1 is 0.968 bits per heavy atom. The number of amides is 1. The van der Waals surface area contributed by atoms with E-state index in [0.29, 0.717) is 11.1 Å². The molecule has 2 heterocycles. The van der Waals surface area contributed by atoms with Crippen LogP contribution in [0.5, 0.6) is 0 Å².